The van der Waals surface area contributed by atoms with Crippen molar-refractivity contribution in [2.24, 2.45) is 0 Å². The number of thiazole rings is 1. The van der Waals surface area contributed by atoms with Crippen molar-refractivity contribution in [3.8, 4) is 0 Å². The highest BCUT2D eigenvalue weighted by Gasteiger charge is 2.25. The van der Waals surface area contributed by atoms with E-state index in [1.165, 1.54) is 35.6 Å². The third-order valence-electron chi connectivity index (χ3n) is 4.54. The first-order valence-electron chi connectivity index (χ1n) is 8.46. The van der Waals surface area contributed by atoms with Gasteiger partial charge in [0.1, 0.15) is 11.3 Å². The Morgan fingerprint density at radius 1 is 1.14 bits per heavy atom. The molecule has 0 N–H and O–H groups in total. The Balaban J connectivity index is 1.47. The van der Waals surface area contributed by atoms with Crippen LogP contribution in [0.1, 0.15) is 10.4 Å². The van der Waals surface area contributed by atoms with Crippen molar-refractivity contribution in [2.75, 3.05) is 31.1 Å². The number of hydrogen-bond donors (Lipinski definition) is 0. The largest absolute Gasteiger partial charge is 0.345 e. The lowest BCUT2D eigenvalue weighted by Gasteiger charge is -2.34. The summed E-state index contributed by atoms with van der Waals surface area (Å²) in [7, 11) is 0. The smallest absolute Gasteiger partial charge is 0.270 e. The molecule has 28 heavy (non-hydrogen) atoms. The highest BCUT2D eigenvalue weighted by atomic mass is 32.1. The average Bonchev–Trinajstić information content (AvgIpc) is 3.12. The van der Waals surface area contributed by atoms with E-state index in [0.29, 0.717) is 36.0 Å². The fraction of sp³-hybridized carbons (Fsp3) is 0.222. The monoisotopic (exact) mass is 404 g/mol. The van der Waals surface area contributed by atoms with E-state index in [1.54, 1.807) is 11.0 Å². The van der Waals surface area contributed by atoms with Gasteiger partial charge in [-0.1, -0.05) is 17.4 Å². The fourth-order valence-corrected chi connectivity index (χ4v) is 4.17. The predicted octanol–water partition coefficient (Wildman–Crippen LogP) is 3.45. The molecule has 1 amide bonds. The maximum absolute atomic E-state index is 13.9. The first-order valence-corrected chi connectivity index (χ1v) is 9.28. The maximum atomic E-state index is 13.9. The Bertz CT molecular complexity index is 1080. The van der Waals surface area contributed by atoms with E-state index >= 15 is 0 Å². The molecule has 2 heterocycles. The second-order valence-electron chi connectivity index (χ2n) is 6.32. The van der Waals surface area contributed by atoms with Crippen LogP contribution in [0, 0.1) is 21.7 Å². The number of aromatic nitrogens is 1. The number of carbonyl (C=O) groups is 1. The van der Waals surface area contributed by atoms with Gasteiger partial charge in [0.05, 0.1) is 9.62 Å². The number of non-ortho nitro benzene ring substituents is 1. The Morgan fingerprint density at radius 3 is 2.61 bits per heavy atom. The van der Waals surface area contributed by atoms with Crippen LogP contribution in [0.25, 0.3) is 10.2 Å². The van der Waals surface area contributed by atoms with Gasteiger partial charge in [0.15, 0.2) is 10.9 Å². The van der Waals surface area contributed by atoms with Gasteiger partial charge in [0, 0.05) is 49.9 Å². The molecule has 10 heteroatoms. The van der Waals surface area contributed by atoms with Crippen LogP contribution in [0.5, 0.6) is 0 Å². The molecule has 1 aliphatic heterocycles. The van der Waals surface area contributed by atoms with Crippen molar-refractivity contribution in [3.05, 3.63) is 63.7 Å². The number of amides is 1. The average molecular weight is 404 g/mol. The molecule has 0 bridgehead atoms. The van der Waals surface area contributed by atoms with Gasteiger partial charge >= 0.3 is 0 Å². The molecule has 144 valence electrons. The number of benzene rings is 2. The SMILES string of the molecule is O=C(c1cccc([N+](=O)[O-])c1)N1CCN(c2nc3c(F)cc(F)cc3s2)CC1. The molecule has 2 aromatic carbocycles. The molecule has 0 spiro atoms. The van der Waals surface area contributed by atoms with Crippen molar-refractivity contribution in [1.82, 2.24) is 9.88 Å². The molecule has 7 nitrogen and oxygen atoms in total. The van der Waals surface area contributed by atoms with Crippen LogP contribution in [-0.4, -0.2) is 46.9 Å². The van der Waals surface area contributed by atoms with Gasteiger partial charge in [0.2, 0.25) is 0 Å². The zero-order valence-electron chi connectivity index (χ0n) is 14.5. The summed E-state index contributed by atoms with van der Waals surface area (Å²) in [6.07, 6.45) is 0. The summed E-state index contributed by atoms with van der Waals surface area (Å²) >= 11 is 1.20. The highest BCUT2D eigenvalue weighted by Crippen LogP contribution is 2.31. The lowest BCUT2D eigenvalue weighted by molar-refractivity contribution is -0.384. The van der Waals surface area contributed by atoms with E-state index in [4.69, 9.17) is 0 Å². The second-order valence-corrected chi connectivity index (χ2v) is 7.33. The zero-order chi connectivity index (χ0) is 19.8. The van der Waals surface area contributed by atoms with Crippen molar-refractivity contribution in [2.45, 2.75) is 0 Å². The molecule has 4 rings (SSSR count). The molecule has 1 saturated heterocycles. The fourth-order valence-electron chi connectivity index (χ4n) is 3.12. The van der Waals surface area contributed by atoms with E-state index < -0.39 is 16.6 Å². The van der Waals surface area contributed by atoms with E-state index in [0.717, 1.165) is 6.07 Å². The van der Waals surface area contributed by atoms with Crippen LogP contribution < -0.4 is 4.90 Å². The number of rotatable bonds is 3. The van der Waals surface area contributed by atoms with Gasteiger partial charge in [-0.15, -0.1) is 0 Å². The molecule has 1 aromatic heterocycles. The van der Waals surface area contributed by atoms with Crippen LogP contribution in [0.2, 0.25) is 0 Å². The van der Waals surface area contributed by atoms with E-state index in [1.807, 2.05) is 4.90 Å². The van der Waals surface area contributed by atoms with Gasteiger partial charge in [-0.3, -0.25) is 14.9 Å². The summed E-state index contributed by atoms with van der Waals surface area (Å²) in [4.78, 5) is 30.8. The van der Waals surface area contributed by atoms with Gasteiger partial charge in [0.25, 0.3) is 11.6 Å². The Kier molecular flexibility index (Phi) is 4.63. The first-order chi connectivity index (χ1) is 13.4. The predicted molar refractivity (Wildman–Crippen MR) is 101 cm³/mol. The first kappa shape index (κ1) is 18.2. The lowest BCUT2D eigenvalue weighted by atomic mass is 10.1. The molecular formula is C18H14F2N4O3S. The minimum absolute atomic E-state index is 0.131. The number of piperazine rings is 1. The van der Waals surface area contributed by atoms with Crippen molar-refractivity contribution < 1.29 is 18.5 Å². The topological polar surface area (TPSA) is 79.6 Å². The van der Waals surface area contributed by atoms with Crippen LogP contribution in [0.15, 0.2) is 36.4 Å². The summed E-state index contributed by atoms with van der Waals surface area (Å²) in [5.41, 5.74) is 0.268. The third-order valence-corrected chi connectivity index (χ3v) is 5.61. The summed E-state index contributed by atoms with van der Waals surface area (Å²) in [6.45, 7) is 1.75. The molecule has 0 aliphatic carbocycles. The number of nitro benzene ring substituents is 1. The zero-order valence-corrected chi connectivity index (χ0v) is 15.3. The van der Waals surface area contributed by atoms with Crippen molar-refractivity contribution in [1.29, 1.82) is 0 Å². The summed E-state index contributed by atoms with van der Waals surface area (Å²) in [6, 6.07) is 7.69. The van der Waals surface area contributed by atoms with E-state index in [-0.39, 0.29) is 22.7 Å². The molecule has 0 atom stereocenters. The third kappa shape index (κ3) is 3.38. The van der Waals surface area contributed by atoms with Crippen LogP contribution in [0.4, 0.5) is 19.6 Å². The molecule has 0 unspecified atom stereocenters. The minimum atomic E-state index is -0.697. The van der Waals surface area contributed by atoms with E-state index in [9.17, 15) is 23.7 Å². The van der Waals surface area contributed by atoms with Gasteiger partial charge < -0.3 is 9.80 Å². The van der Waals surface area contributed by atoms with Crippen LogP contribution in [0.3, 0.4) is 0 Å². The minimum Gasteiger partial charge on any atom is -0.345 e. The van der Waals surface area contributed by atoms with Crippen LogP contribution >= 0.6 is 11.3 Å². The standard InChI is InChI=1S/C18H14F2N4O3S/c19-12-9-14(20)16-15(10-12)28-18(21-16)23-6-4-22(5-7-23)17(25)11-2-1-3-13(8-11)24(26)27/h1-3,8-10H,4-7H2. The van der Waals surface area contributed by atoms with Gasteiger partial charge in [-0.25, -0.2) is 13.8 Å². The number of anilines is 1. The number of fused-ring (bicyclic) bond motifs is 1. The maximum Gasteiger partial charge on any atom is 0.270 e. The number of nitrogens with zero attached hydrogens (tertiary/aromatic N) is 4. The van der Waals surface area contributed by atoms with Gasteiger partial charge in [-0.05, 0) is 12.1 Å². The summed E-state index contributed by atoms with van der Waals surface area (Å²) < 4.78 is 27.7. The van der Waals surface area contributed by atoms with Crippen LogP contribution in [-0.2, 0) is 0 Å². The second kappa shape index (κ2) is 7.12. The normalized spacial score (nSPS) is 14.5. The summed E-state index contributed by atoms with van der Waals surface area (Å²) in [5, 5.41) is 11.5. The molecule has 0 radical (unpaired) electrons. The highest BCUT2D eigenvalue weighted by molar-refractivity contribution is 7.22. The molecule has 1 aliphatic rings. The number of nitro groups is 1. The van der Waals surface area contributed by atoms with E-state index in [2.05, 4.69) is 4.98 Å². The molecular weight excluding hydrogens is 390 g/mol. The van der Waals surface area contributed by atoms with Crippen molar-refractivity contribution in [3.63, 3.8) is 0 Å². The Morgan fingerprint density at radius 2 is 1.89 bits per heavy atom. The lowest BCUT2D eigenvalue weighted by Crippen LogP contribution is -2.48. The van der Waals surface area contributed by atoms with Gasteiger partial charge in [-0.2, -0.15) is 0 Å². The quantitative estimate of drug-likeness (QED) is 0.494. The number of carbonyl (C=O) groups excluding carboxylic acids is 1. The Labute approximate surface area is 162 Å². The molecule has 3 aromatic rings. The number of halogens is 2. The van der Waals surface area contributed by atoms with Crippen molar-refractivity contribution >= 4 is 38.3 Å². The summed E-state index contributed by atoms with van der Waals surface area (Å²) in [5.74, 6) is -1.62. The molecule has 0 saturated carbocycles. The number of hydrogen-bond acceptors (Lipinski definition) is 6. The molecule has 1 fully saturated rings. The Hall–Kier alpha value is -3.14.